The Morgan fingerprint density at radius 3 is 2.12 bits per heavy atom. The van der Waals surface area contributed by atoms with Gasteiger partial charge in [0.05, 0.1) is 13.2 Å². The number of rotatable bonds is 4. The minimum Gasteiger partial charge on any atom is -0.394 e. The maximum Gasteiger partial charge on any atom is 0.154 e. The Bertz CT molecular complexity index is 231. The van der Waals surface area contributed by atoms with Gasteiger partial charge in [0.15, 0.2) is 6.10 Å². The molecule has 0 aromatic rings. The largest absolute Gasteiger partial charge is 0.394 e. The van der Waals surface area contributed by atoms with Gasteiger partial charge in [-0.05, 0) is 0 Å². The van der Waals surface area contributed by atoms with Gasteiger partial charge < -0.3 is 40.5 Å². The molecular formula is C9H17O8. The molecule has 1 rings (SSSR count). The molecule has 0 aromatic carbocycles. The van der Waals surface area contributed by atoms with Crippen LogP contribution in [-0.2, 0) is 4.74 Å². The first-order valence-corrected chi connectivity index (χ1v) is 5.08. The fraction of sp³-hybridized carbons (Fsp3) is 0.889. The highest BCUT2D eigenvalue weighted by Crippen LogP contribution is 2.28. The first-order valence-electron chi connectivity index (χ1n) is 5.08. The van der Waals surface area contributed by atoms with Crippen molar-refractivity contribution < 1.29 is 40.5 Å². The third-order valence-electron chi connectivity index (χ3n) is 2.70. The second-order valence-electron chi connectivity index (χ2n) is 3.87. The minimum absolute atomic E-state index is 0.322. The predicted octanol–water partition coefficient (Wildman–Crippen LogP) is -4.29. The van der Waals surface area contributed by atoms with Crippen LogP contribution < -0.4 is 0 Å². The highest BCUT2D eigenvalue weighted by molar-refractivity contribution is 5.04. The summed E-state index contributed by atoms with van der Waals surface area (Å²) in [5, 5.41) is 64.6. The molecule has 6 atom stereocenters. The number of aliphatic hydroxyl groups is 7. The molecule has 0 unspecified atom stereocenters. The average Bonchev–Trinajstić information content (AvgIpc) is 2.34. The van der Waals surface area contributed by atoms with E-state index in [1.54, 1.807) is 0 Å². The summed E-state index contributed by atoms with van der Waals surface area (Å²) >= 11 is 0. The summed E-state index contributed by atoms with van der Waals surface area (Å²) in [6, 6.07) is 0. The van der Waals surface area contributed by atoms with Gasteiger partial charge in [-0.1, -0.05) is 0 Å². The van der Waals surface area contributed by atoms with Gasteiger partial charge in [0, 0.05) is 0 Å². The van der Waals surface area contributed by atoms with Crippen molar-refractivity contribution >= 4 is 0 Å². The van der Waals surface area contributed by atoms with Crippen LogP contribution in [0.3, 0.4) is 0 Å². The summed E-state index contributed by atoms with van der Waals surface area (Å²) in [5.74, 6) is 0. The molecule has 101 valence electrons. The topological polar surface area (TPSA) is 151 Å². The molecule has 0 aliphatic carbocycles. The molecule has 1 radical (unpaired) electrons. The highest BCUT2D eigenvalue weighted by atomic mass is 16.6. The van der Waals surface area contributed by atoms with E-state index in [-0.39, 0.29) is 6.10 Å². The average molecular weight is 253 g/mol. The Kier molecular flexibility index (Phi) is 5.22. The van der Waals surface area contributed by atoms with E-state index in [0.29, 0.717) is 0 Å². The number of aliphatic hydroxyl groups excluding tert-OH is 7. The zero-order valence-corrected chi connectivity index (χ0v) is 8.92. The van der Waals surface area contributed by atoms with Gasteiger partial charge in [0.25, 0.3) is 0 Å². The van der Waals surface area contributed by atoms with Gasteiger partial charge in [-0.3, -0.25) is 0 Å². The SMILES string of the molecule is OC[C]1O[C@H]([C@@H](O)[C@H](O)CO)[C@@H](O)[C@H](O)[C@H]1O. The molecule has 1 saturated heterocycles. The van der Waals surface area contributed by atoms with Gasteiger partial charge in [-0.15, -0.1) is 0 Å². The van der Waals surface area contributed by atoms with Crippen molar-refractivity contribution in [1.82, 2.24) is 0 Å². The maximum atomic E-state index is 9.55. The van der Waals surface area contributed by atoms with Gasteiger partial charge >= 0.3 is 0 Å². The standard InChI is InChI=1S/C9H17O8/c10-1-3(12)5(13)9-8(16)7(15)6(14)4(2-11)17-9/h3,5-16H,1-2H2/t3-,5+,6+,7-,8+,9-/m1/s1. The Labute approximate surface area is 97.3 Å². The maximum absolute atomic E-state index is 9.55. The van der Waals surface area contributed by atoms with E-state index in [1.807, 2.05) is 0 Å². The summed E-state index contributed by atoms with van der Waals surface area (Å²) in [7, 11) is 0. The number of hydrogen-bond donors (Lipinski definition) is 7. The van der Waals surface area contributed by atoms with Crippen molar-refractivity contribution in [3.05, 3.63) is 6.10 Å². The first kappa shape index (κ1) is 14.7. The van der Waals surface area contributed by atoms with E-state index in [2.05, 4.69) is 0 Å². The highest BCUT2D eigenvalue weighted by Gasteiger charge is 2.47. The van der Waals surface area contributed by atoms with E-state index in [1.165, 1.54) is 0 Å². The molecule has 8 nitrogen and oxygen atoms in total. The molecule has 0 amide bonds. The molecule has 7 N–H and O–H groups in total. The molecule has 0 spiro atoms. The minimum atomic E-state index is -1.67. The Balaban J connectivity index is 2.78. The van der Waals surface area contributed by atoms with E-state index in [9.17, 15) is 25.5 Å². The lowest BCUT2D eigenvalue weighted by Crippen LogP contribution is -2.60. The van der Waals surface area contributed by atoms with Gasteiger partial charge in [0.2, 0.25) is 0 Å². The molecule has 17 heavy (non-hydrogen) atoms. The Morgan fingerprint density at radius 1 is 1.06 bits per heavy atom. The van der Waals surface area contributed by atoms with Crippen LogP contribution in [0.25, 0.3) is 0 Å². The third-order valence-corrected chi connectivity index (χ3v) is 2.70. The lowest BCUT2D eigenvalue weighted by atomic mass is 9.91. The summed E-state index contributed by atoms with van der Waals surface area (Å²) in [6.07, 6.45) is -9.90. The van der Waals surface area contributed by atoms with Crippen molar-refractivity contribution in [2.24, 2.45) is 0 Å². The zero-order chi connectivity index (χ0) is 13.2. The van der Waals surface area contributed by atoms with Crippen LogP contribution in [0.5, 0.6) is 0 Å². The van der Waals surface area contributed by atoms with E-state index in [4.69, 9.17) is 14.9 Å². The fourth-order valence-electron chi connectivity index (χ4n) is 1.62. The molecule has 1 aliphatic rings. The molecule has 0 bridgehead atoms. The molecule has 8 heteroatoms. The van der Waals surface area contributed by atoms with Crippen LogP contribution in [-0.4, -0.2) is 85.6 Å². The molecular weight excluding hydrogens is 236 g/mol. The molecule has 0 aromatic heterocycles. The molecule has 0 saturated carbocycles. The summed E-state index contributed by atoms with van der Waals surface area (Å²) in [6.45, 7) is -1.47. The summed E-state index contributed by atoms with van der Waals surface area (Å²) in [4.78, 5) is 0. The number of ether oxygens (including phenoxy) is 1. The van der Waals surface area contributed by atoms with Crippen molar-refractivity contribution in [3.8, 4) is 0 Å². The zero-order valence-electron chi connectivity index (χ0n) is 8.92. The van der Waals surface area contributed by atoms with E-state index in [0.717, 1.165) is 0 Å². The summed E-state index contributed by atoms with van der Waals surface area (Å²) in [5.41, 5.74) is 0. The fourth-order valence-corrected chi connectivity index (χ4v) is 1.62. The number of hydrogen-bond acceptors (Lipinski definition) is 8. The van der Waals surface area contributed by atoms with Crippen LogP contribution in [0.15, 0.2) is 0 Å². The second kappa shape index (κ2) is 6.03. The van der Waals surface area contributed by atoms with Crippen molar-refractivity contribution in [2.75, 3.05) is 13.2 Å². The summed E-state index contributed by atoms with van der Waals surface area (Å²) < 4.78 is 4.90. The molecule has 1 fully saturated rings. The second-order valence-corrected chi connectivity index (χ2v) is 3.87. The lowest BCUT2D eigenvalue weighted by molar-refractivity contribution is -0.224. The monoisotopic (exact) mass is 253 g/mol. The van der Waals surface area contributed by atoms with Crippen molar-refractivity contribution in [2.45, 2.75) is 36.6 Å². The smallest absolute Gasteiger partial charge is 0.154 e. The van der Waals surface area contributed by atoms with Crippen molar-refractivity contribution in [1.29, 1.82) is 0 Å². The van der Waals surface area contributed by atoms with Crippen LogP contribution in [0.4, 0.5) is 0 Å². The van der Waals surface area contributed by atoms with E-state index >= 15 is 0 Å². The van der Waals surface area contributed by atoms with Crippen LogP contribution in [0.1, 0.15) is 0 Å². The van der Waals surface area contributed by atoms with Gasteiger partial charge in [-0.2, -0.15) is 0 Å². The lowest BCUT2D eigenvalue weighted by Gasteiger charge is -2.41. The van der Waals surface area contributed by atoms with Gasteiger partial charge in [0.1, 0.15) is 36.6 Å². The van der Waals surface area contributed by atoms with Crippen molar-refractivity contribution in [3.63, 3.8) is 0 Å². The van der Waals surface area contributed by atoms with Crippen LogP contribution in [0, 0.1) is 6.10 Å². The van der Waals surface area contributed by atoms with E-state index < -0.39 is 49.8 Å². The van der Waals surface area contributed by atoms with Gasteiger partial charge in [-0.25, -0.2) is 0 Å². The van der Waals surface area contributed by atoms with Crippen LogP contribution >= 0.6 is 0 Å². The Morgan fingerprint density at radius 2 is 1.65 bits per heavy atom. The normalized spacial score (nSPS) is 39.0. The van der Waals surface area contributed by atoms with Crippen LogP contribution in [0.2, 0.25) is 0 Å². The molecule has 1 heterocycles. The Hall–Kier alpha value is -0.320. The quantitative estimate of drug-likeness (QED) is 0.266. The molecule has 1 aliphatic heterocycles. The first-order chi connectivity index (χ1) is 7.93. The third kappa shape index (κ3) is 2.92. The predicted molar refractivity (Wildman–Crippen MR) is 52.3 cm³/mol.